The van der Waals surface area contributed by atoms with Crippen LogP contribution in [0, 0.1) is 12.7 Å². The van der Waals surface area contributed by atoms with Gasteiger partial charge in [0.05, 0.1) is 11.1 Å². The summed E-state index contributed by atoms with van der Waals surface area (Å²) in [6.07, 6.45) is 0.738. The zero-order valence-electron chi connectivity index (χ0n) is 15.7. The predicted octanol–water partition coefficient (Wildman–Crippen LogP) is 4.11. The molecule has 1 aliphatic carbocycles. The zero-order valence-corrected chi connectivity index (χ0v) is 15.7. The quantitative estimate of drug-likeness (QED) is 0.486. The summed E-state index contributed by atoms with van der Waals surface area (Å²) < 4.78 is 14.2. The highest BCUT2D eigenvalue weighted by Gasteiger charge is 2.47. The number of hydroxylamine groups is 1. The van der Waals surface area contributed by atoms with Gasteiger partial charge in [0.1, 0.15) is 5.82 Å². The van der Waals surface area contributed by atoms with Crippen molar-refractivity contribution < 1.29 is 14.4 Å². The number of aliphatic imine (C=N–C) groups is 1. The van der Waals surface area contributed by atoms with Crippen LogP contribution in [0.25, 0.3) is 0 Å². The third kappa shape index (κ3) is 3.19. The first-order valence-corrected chi connectivity index (χ1v) is 8.86. The van der Waals surface area contributed by atoms with Gasteiger partial charge in [0, 0.05) is 7.05 Å². The molecule has 0 saturated carbocycles. The van der Waals surface area contributed by atoms with Crippen LogP contribution in [-0.2, 0) is 10.2 Å². The number of nitrogens with one attached hydrogen (secondary N) is 1. The smallest absolute Gasteiger partial charge is 0.254 e. The fourth-order valence-corrected chi connectivity index (χ4v) is 4.10. The molecule has 2 aromatic rings. The Hall–Kier alpha value is -2.79. The van der Waals surface area contributed by atoms with Crippen LogP contribution in [0.3, 0.4) is 0 Å². The molecule has 0 bridgehead atoms. The minimum absolute atomic E-state index is 0.344. The molecule has 4 nitrogen and oxygen atoms in total. The summed E-state index contributed by atoms with van der Waals surface area (Å²) in [5, 5.41) is 9.43. The van der Waals surface area contributed by atoms with E-state index in [1.165, 1.54) is 6.07 Å². The molecule has 0 unspecified atom stereocenters. The molecule has 1 aliphatic rings. The molecule has 0 aromatic heterocycles. The summed E-state index contributed by atoms with van der Waals surface area (Å²) in [5.41, 5.74) is 5.49. The van der Waals surface area contributed by atoms with E-state index in [1.807, 2.05) is 37.3 Å². The van der Waals surface area contributed by atoms with Crippen LogP contribution < -0.4 is 5.48 Å². The van der Waals surface area contributed by atoms with Crippen molar-refractivity contribution in [3.05, 3.63) is 82.2 Å². The number of nitrogens with zero attached hydrogens (tertiary/aromatic N) is 1. The van der Waals surface area contributed by atoms with Crippen LogP contribution in [0.5, 0.6) is 0 Å². The average molecular weight is 366 g/mol. The summed E-state index contributed by atoms with van der Waals surface area (Å²) in [5.74, 6) is -0.898. The number of allylic oxidation sites excluding steroid dienone is 2. The van der Waals surface area contributed by atoms with Crippen molar-refractivity contribution >= 4 is 11.6 Å². The maximum Gasteiger partial charge on any atom is 0.254 e. The van der Waals surface area contributed by atoms with Crippen LogP contribution in [0.4, 0.5) is 4.39 Å². The Morgan fingerprint density at radius 2 is 1.81 bits per heavy atom. The monoisotopic (exact) mass is 366 g/mol. The normalized spacial score (nSPS) is 20.1. The first-order valence-electron chi connectivity index (χ1n) is 8.86. The fraction of sp³-hybridized carbons (Fsp3) is 0.273. The van der Waals surface area contributed by atoms with Crippen molar-refractivity contribution in [3.8, 4) is 0 Å². The lowest BCUT2D eigenvalue weighted by Crippen LogP contribution is -2.42. The van der Waals surface area contributed by atoms with Gasteiger partial charge in [-0.1, -0.05) is 48.0 Å². The second kappa shape index (κ2) is 7.45. The highest BCUT2D eigenvalue weighted by atomic mass is 19.1. The molecule has 1 amide bonds. The Morgan fingerprint density at radius 3 is 2.44 bits per heavy atom. The van der Waals surface area contributed by atoms with Gasteiger partial charge < -0.3 is 0 Å². The third-order valence-corrected chi connectivity index (χ3v) is 5.44. The number of rotatable bonds is 4. The topological polar surface area (TPSA) is 61.7 Å². The van der Waals surface area contributed by atoms with Crippen LogP contribution in [0.1, 0.15) is 36.5 Å². The molecule has 27 heavy (non-hydrogen) atoms. The minimum atomic E-state index is -1.06. The van der Waals surface area contributed by atoms with Gasteiger partial charge in [0.2, 0.25) is 0 Å². The van der Waals surface area contributed by atoms with Gasteiger partial charge in [-0.2, -0.15) is 0 Å². The third-order valence-electron chi connectivity index (χ3n) is 5.44. The molecule has 3 rings (SSSR count). The standard InChI is InChI=1S/C22H23FN2O2/c1-14-12-22(21(26)25-27,18-10-7-11-19(23)15(18)2)13-17(14)20(24-3)16-8-5-4-6-9-16/h4-11,27H,12-13H2,1-3H3,(H,25,26)/b24-20-/t22-/m1/s1. The van der Waals surface area contributed by atoms with Gasteiger partial charge in [0.15, 0.2) is 0 Å². The Bertz CT molecular complexity index is 935. The number of amides is 1. The first-order chi connectivity index (χ1) is 12.9. The Labute approximate surface area is 158 Å². The fourth-order valence-electron chi connectivity index (χ4n) is 4.10. The highest BCUT2D eigenvalue weighted by Crippen LogP contribution is 2.47. The number of hydrogen-bond acceptors (Lipinski definition) is 3. The summed E-state index contributed by atoms with van der Waals surface area (Å²) >= 11 is 0. The van der Waals surface area contributed by atoms with Crippen LogP contribution in [0.15, 0.2) is 64.7 Å². The molecule has 0 radical (unpaired) electrons. The largest absolute Gasteiger partial charge is 0.289 e. The maximum absolute atomic E-state index is 14.2. The number of carbonyl (C=O) groups excluding carboxylic acids is 1. The molecule has 1 atom stereocenters. The maximum atomic E-state index is 14.2. The first kappa shape index (κ1) is 19.0. The Kier molecular flexibility index (Phi) is 5.24. The lowest BCUT2D eigenvalue weighted by Gasteiger charge is -2.29. The second-order valence-electron chi connectivity index (χ2n) is 6.99. The summed E-state index contributed by atoms with van der Waals surface area (Å²) in [7, 11) is 1.72. The Balaban J connectivity index is 2.11. The van der Waals surface area contributed by atoms with E-state index >= 15 is 0 Å². The van der Waals surface area contributed by atoms with Crippen molar-refractivity contribution in [1.29, 1.82) is 0 Å². The van der Waals surface area contributed by atoms with Crippen LogP contribution in [0.2, 0.25) is 0 Å². The molecular weight excluding hydrogens is 343 g/mol. The molecular formula is C22H23FN2O2. The van der Waals surface area contributed by atoms with Crippen LogP contribution in [-0.4, -0.2) is 23.9 Å². The van der Waals surface area contributed by atoms with E-state index in [9.17, 15) is 14.4 Å². The Morgan fingerprint density at radius 1 is 1.11 bits per heavy atom. The van der Waals surface area contributed by atoms with Crippen molar-refractivity contribution in [3.63, 3.8) is 0 Å². The van der Waals surface area contributed by atoms with E-state index < -0.39 is 11.3 Å². The second-order valence-corrected chi connectivity index (χ2v) is 6.99. The number of carbonyl (C=O) groups is 1. The van der Waals surface area contributed by atoms with E-state index in [0.29, 0.717) is 24.0 Å². The van der Waals surface area contributed by atoms with E-state index in [-0.39, 0.29) is 5.82 Å². The molecule has 0 spiro atoms. The lowest BCUT2D eigenvalue weighted by molar-refractivity contribution is -0.135. The van der Waals surface area contributed by atoms with Crippen LogP contribution >= 0.6 is 0 Å². The molecule has 2 aromatic carbocycles. The number of hydrogen-bond donors (Lipinski definition) is 2. The predicted molar refractivity (Wildman–Crippen MR) is 104 cm³/mol. The van der Waals surface area contributed by atoms with E-state index in [0.717, 1.165) is 22.4 Å². The van der Waals surface area contributed by atoms with E-state index in [4.69, 9.17) is 0 Å². The lowest BCUT2D eigenvalue weighted by atomic mass is 9.74. The van der Waals surface area contributed by atoms with E-state index in [1.54, 1.807) is 31.6 Å². The highest BCUT2D eigenvalue weighted by molar-refractivity contribution is 6.14. The van der Waals surface area contributed by atoms with Crippen molar-refractivity contribution in [2.75, 3.05) is 7.05 Å². The molecule has 140 valence electrons. The molecule has 0 aliphatic heterocycles. The van der Waals surface area contributed by atoms with Crippen molar-refractivity contribution in [2.24, 2.45) is 4.99 Å². The molecule has 0 fully saturated rings. The van der Waals surface area contributed by atoms with Crippen molar-refractivity contribution in [1.82, 2.24) is 5.48 Å². The van der Waals surface area contributed by atoms with E-state index in [2.05, 4.69) is 4.99 Å². The average Bonchev–Trinajstić information content (AvgIpc) is 3.03. The molecule has 5 heteroatoms. The van der Waals surface area contributed by atoms with Gasteiger partial charge in [-0.05, 0) is 55.0 Å². The van der Waals surface area contributed by atoms with Gasteiger partial charge in [-0.3, -0.25) is 15.0 Å². The number of halogens is 1. The molecule has 0 saturated heterocycles. The van der Waals surface area contributed by atoms with Gasteiger partial charge in [-0.15, -0.1) is 0 Å². The minimum Gasteiger partial charge on any atom is -0.289 e. The summed E-state index contributed by atoms with van der Waals surface area (Å²) in [4.78, 5) is 17.3. The van der Waals surface area contributed by atoms with Crippen molar-refractivity contribution in [2.45, 2.75) is 32.1 Å². The van der Waals surface area contributed by atoms with Gasteiger partial charge in [0.25, 0.3) is 5.91 Å². The summed E-state index contributed by atoms with van der Waals surface area (Å²) in [6, 6.07) is 14.5. The molecule has 0 heterocycles. The zero-order chi connectivity index (χ0) is 19.6. The number of benzene rings is 2. The summed E-state index contributed by atoms with van der Waals surface area (Å²) in [6.45, 7) is 3.63. The van der Waals surface area contributed by atoms with Gasteiger partial charge in [-0.25, -0.2) is 9.87 Å². The molecule has 2 N–H and O–H groups in total. The SMILES string of the molecule is C/N=C(\C1=C(C)C[C@](C(=O)NO)(c2cccc(F)c2C)C1)c1ccccc1. The van der Waals surface area contributed by atoms with Gasteiger partial charge >= 0.3 is 0 Å².